The van der Waals surface area contributed by atoms with Gasteiger partial charge in [-0.15, -0.1) is 0 Å². The molecule has 0 radical (unpaired) electrons. The van der Waals surface area contributed by atoms with Crippen molar-refractivity contribution in [2.45, 2.75) is 38.3 Å². The Labute approximate surface area is 131 Å². The lowest BCUT2D eigenvalue weighted by atomic mass is 10.1. The third-order valence-electron chi connectivity index (χ3n) is 3.79. The van der Waals surface area contributed by atoms with Gasteiger partial charge >= 0.3 is 0 Å². The summed E-state index contributed by atoms with van der Waals surface area (Å²) in [5, 5.41) is 0.746. The van der Waals surface area contributed by atoms with Crippen LogP contribution in [0.5, 0.6) is 0 Å². The molecule has 2 N–H and O–H groups in total. The van der Waals surface area contributed by atoms with Crippen molar-refractivity contribution >= 4 is 23.7 Å². The zero-order valence-electron chi connectivity index (χ0n) is 13.1. The van der Waals surface area contributed by atoms with Crippen molar-refractivity contribution in [3.63, 3.8) is 0 Å². The van der Waals surface area contributed by atoms with Crippen LogP contribution in [0.15, 0.2) is 5.16 Å². The van der Waals surface area contributed by atoms with Crippen LogP contribution in [0.3, 0.4) is 0 Å². The Kier molecular flexibility index (Phi) is 6.50. The van der Waals surface area contributed by atoms with E-state index in [1.807, 2.05) is 0 Å². The Morgan fingerprint density at radius 3 is 2.48 bits per heavy atom. The van der Waals surface area contributed by atoms with Gasteiger partial charge in [0.15, 0.2) is 5.16 Å². The molecule has 6 nitrogen and oxygen atoms in total. The summed E-state index contributed by atoms with van der Waals surface area (Å²) in [6.45, 7) is 9.61. The molecule has 2 heterocycles. The van der Waals surface area contributed by atoms with Gasteiger partial charge in [-0.3, -0.25) is 0 Å². The van der Waals surface area contributed by atoms with E-state index in [2.05, 4.69) is 38.6 Å². The Morgan fingerprint density at radius 1 is 1.10 bits per heavy atom. The van der Waals surface area contributed by atoms with Crippen LogP contribution in [0.2, 0.25) is 0 Å². The lowest BCUT2D eigenvalue weighted by molar-refractivity contribution is 0.324. The average Bonchev–Trinajstić information content (AvgIpc) is 2.52. The van der Waals surface area contributed by atoms with Crippen molar-refractivity contribution in [1.29, 1.82) is 0 Å². The molecule has 0 spiro atoms. The van der Waals surface area contributed by atoms with Crippen molar-refractivity contribution in [3.8, 4) is 0 Å². The van der Waals surface area contributed by atoms with E-state index in [0.29, 0.717) is 5.95 Å². The molecule has 0 aliphatic carbocycles. The van der Waals surface area contributed by atoms with Crippen LogP contribution in [0.1, 0.15) is 33.1 Å². The molecule has 1 saturated heterocycles. The molecule has 21 heavy (non-hydrogen) atoms. The maximum atomic E-state index is 5.84. The number of hydrogen-bond acceptors (Lipinski definition) is 7. The predicted octanol–water partition coefficient (Wildman–Crippen LogP) is 1.88. The number of thioether (sulfide) groups is 1. The first kappa shape index (κ1) is 16.3. The summed E-state index contributed by atoms with van der Waals surface area (Å²) in [7, 11) is 0. The highest BCUT2D eigenvalue weighted by Crippen LogP contribution is 2.20. The second kappa shape index (κ2) is 8.38. The van der Waals surface area contributed by atoms with E-state index in [1.54, 1.807) is 11.8 Å². The predicted molar refractivity (Wildman–Crippen MR) is 88.8 cm³/mol. The van der Waals surface area contributed by atoms with Crippen LogP contribution in [0.4, 0.5) is 11.9 Å². The Balaban J connectivity index is 1.94. The quantitative estimate of drug-likeness (QED) is 0.771. The SMILES string of the molecule is CCN(CC)CCSc1nc(N)nc(N2CCCCC2)n1. The number of hydrogen-bond donors (Lipinski definition) is 1. The summed E-state index contributed by atoms with van der Waals surface area (Å²) in [5.41, 5.74) is 5.84. The van der Waals surface area contributed by atoms with E-state index in [1.165, 1.54) is 19.3 Å². The summed E-state index contributed by atoms with van der Waals surface area (Å²) in [5.74, 6) is 2.05. The van der Waals surface area contributed by atoms with E-state index in [0.717, 1.165) is 49.6 Å². The Hall–Kier alpha value is -1.08. The van der Waals surface area contributed by atoms with Gasteiger partial charge in [-0.1, -0.05) is 25.6 Å². The molecule has 118 valence electrons. The lowest BCUT2D eigenvalue weighted by Crippen LogP contribution is -2.31. The first-order valence-corrected chi connectivity index (χ1v) is 8.83. The highest BCUT2D eigenvalue weighted by Gasteiger charge is 2.15. The third kappa shape index (κ3) is 5.00. The molecule has 0 bridgehead atoms. The topological polar surface area (TPSA) is 71.2 Å². The van der Waals surface area contributed by atoms with Gasteiger partial charge in [0.25, 0.3) is 0 Å². The molecule has 1 aliphatic heterocycles. The van der Waals surface area contributed by atoms with Crippen molar-refractivity contribution in [2.24, 2.45) is 0 Å². The standard InChI is InChI=1S/C14H26N6S/c1-3-19(4-2)10-11-21-14-17-12(15)16-13(18-14)20-8-6-5-7-9-20/h3-11H2,1-2H3,(H2,15,16,17,18). The molecule has 0 aromatic carbocycles. The van der Waals surface area contributed by atoms with Crippen LogP contribution in [0, 0.1) is 0 Å². The minimum absolute atomic E-state index is 0.330. The van der Waals surface area contributed by atoms with E-state index >= 15 is 0 Å². The van der Waals surface area contributed by atoms with Gasteiger partial charge in [0.2, 0.25) is 11.9 Å². The minimum Gasteiger partial charge on any atom is -0.368 e. The van der Waals surface area contributed by atoms with Gasteiger partial charge in [0.05, 0.1) is 0 Å². The second-order valence-corrected chi connectivity index (χ2v) is 6.26. The molecule has 7 heteroatoms. The molecule has 1 aromatic rings. The number of aromatic nitrogens is 3. The van der Waals surface area contributed by atoms with E-state index in [-0.39, 0.29) is 0 Å². The molecule has 0 unspecified atom stereocenters. The van der Waals surface area contributed by atoms with Gasteiger partial charge in [-0.05, 0) is 32.4 Å². The molecule has 1 fully saturated rings. The Morgan fingerprint density at radius 2 is 1.81 bits per heavy atom. The molecular formula is C14H26N6S. The van der Waals surface area contributed by atoms with Gasteiger partial charge in [-0.2, -0.15) is 15.0 Å². The Bertz CT molecular complexity index is 431. The van der Waals surface area contributed by atoms with Crippen LogP contribution >= 0.6 is 11.8 Å². The molecule has 0 amide bonds. The van der Waals surface area contributed by atoms with Crippen molar-refractivity contribution < 1.29 is 0 Å². The number of piperidine rings is 1. The van der Waals surface area contributed by atoms with Crippen LogP contribution in [-0.2, 0) is 0 Å². The summed E-state index contributed by atoms with van der Waals surface area (Å²) in [6.07, 6.45) is 3.70. The van der Waals surface area contributed by atoms with Crippen LogP contribution in [-0.4, -0.2) is 58.3 Å². The zero-order chi connectivity index (χ0) is 15.1. The second-order valence-electron chi connectivity index (χ2n) is 5.20. The smallest absolute Gasteiger partial charge is 0.231 e. The molecule has 1 aliphatic rings. The monoisotopic (exact) mass is 310 g/mol. The van der Waals surface area contributed by atoms with Crippen molar-refractivity contribution in [2.75, 3.05) is 49.1 Å². The lowest BCUT2D eigenvalue weighted by Gasteiger charge is -2.26. The highest BCUT2D eigenvalue weighted by atomic mass is 32.2. The maximum absolute atomic E-state index is 5.84. The number of nitrogen functional groups attached to an aromatic ring is 1. The fourth-order valence-corrected chi connectivity index (χ4v) is 3.30. The van der Waals surface area contributed by atoms with Gasteiger partial charge < -0.3 is 15.5 Å². The van der Waals surface area contributed by atoms with Crippen LogP contribution in [0.25, 0.3) is 0 Å². The summed E-state index contributed by atoms with van der Waals surface area (Å²) < 4.78 is 0. The third-order valence-corrected chi connectivity index (χ3v) is 4.62. The van der Waals surface area contributed by atoms with Crippen molar-refractivity contribution in [1.82, 2.24) is 19.9 Å². The number of anilines is 2. The molecule has 0 saturated carbocycles. The average molecular weight is 310 g/mol. The van der Waals surface area contributed by atoms with Gasteiger partial charge in [-0.25, -0.2) is 0 Å². The summed E-state index contributed by atoms with van der Waals surface area (Å²) in [6, 6.07) is 0. The zero-order valence-corrected chi connectivity index (χ0v) is 13.9. The first-order chi connectivity index (χ1) is 10.2. The first-order valence-electron chi connectivity index (χ1n) is 7.84. The van der Waals surface area contributed by atoms with Crippen molar-refractivity contribution in [3.05, 3.63) is 0 Å². The van der Waals surface area contributed by atoms with E-state index in [4.69, 9.17) is 5.73 Å². The molecule has 1 aromatic heterocycles. The largest absolute Gasteiger partial charge is 0.368 e. The highest BCUT2D eigenvalue weighted by molar-refractivity contribution is 7.99. The molecule has 2 rings (SSSR count). The van der Waals surface area contributed by atoms with Crippen LogP contribution < -0.4 is 10.6 Å². The van der Waals surface area contributed by atoms with E-state index < -0.39 is 0 Å². The fourth-order valence-electron chi connectivity index (χ4n) is 2.47. The summed E-state index contributed by atoms with van der Waals surface area (Å²) >= 11 is 1.66. The molecular weight excluding hydrogens is 284 g/mol. The number of nitrogens with zero attached hydrogens (tertiary/aromatic N) is 5. The van der Waals surface area contributed by atoms with E-state index in [9.17, 15) is 0 Å². The minimum atomic E-state index is 0.330. The summed E-state index contributed by atoms with van der Waals surface area (Å²) in [4.78, 5) is 17.7. The fraction of sp³-hybridized carbons (Fsp3) is 0.786. The van der Waals surface area contributed by atoms with Gasteiger partial charge in [0.1, 0.15) is 0 Å². The number of rotatable bonds is 7. The number of nitrogens with two attached hydrogens (primary N) is 1. The van der Waals surface area contributed by atoms with Gasteiger partial charge in [0, 0.05) is 25.4 Å². The maximum Gasteiger partial charge on any atom is 0.231 e. The normalized spacial score (nSPS) is 15.7. The molecule has 0 atom stereocenters.